The molecule has 0 saturated carbocycles. The van der Waals surface area contributed by atoms with Crippen LogP contribution in [0.2, 0.25) is 0 Å². The van der Waals surface area contributed by atoms with Crippen LogP contribution in [-0.4, -0.2) is 16.2 Å². The summed E-state index contributed by atoms with van der Waals surface area (Å²) in [6.45, 7) is 1.22. The first-order chi connectivity index (χ1) is 8.61. The van der Waals surface area contributed by atoms with Gasteiger partial charge in [-0.05, 0) is 30.8 Å². The van der Waals surface area contributed by atoms with Crippen molar-refractivity contribution in [2.45, 2.75) is 22.2 Å². The normalized spacial score (nSPS) is 13.1. The van der Waals surface area contributed by atoms with Gasteiger partial charge < -0.3 is 0 Å². The summed E-state index contributed by atoms with van der Waals surface area (Å²) in [5.74, 6) is -0.376. The van der Waals surface area contributed by atoms with Gasteiger partial charge in [0, 0.05) is 11.0 Å². The van der Waals surface area contributed by atoms with Crippen LogP contribution in [0, 0.1) is 10.1 Å². The predicted octanol–water partition coefficient (Wildman–Crippen LogP) is 4.23. The van der Waals surface area contributed by atoms with Crippen LogP contribution in [0.15, 0.2) is 23.1 Å². The van der Waals surface area contributed by atoms with Crippen molar-refractivity contribution in [3.05, 3.63) is 33.9 Å². The third kappa shape index (κ3) is 4.50. The minimum absolute atomic E-state index is 0.0315. The number of ketones is 1. The Morgan fingerprint density at radius 1 is 1.47 bits per heavy atom. The lowest BCUT2D eigenvalue weighted by Crippen LogP contribution is -2.05. The molecule has 1 rings (SSSR count). The lowest BCUT2D eigenvalue weighted by molar-refractivity contribution is -0.385. The van der Waals surface area contributed by atoms with Crippen LogP contribution in [0.25, 0.3) is 0 Å². The number of alkyl halides is 4. The molecule has 4 nitrogen and oxygen atoms in total. The molecule has 0 aliphatic carbocycles. The highest BCUT2D eigenvalue weighted by Crippen LogP contribution is 2.40. The number of rotatable bonds is 4. The van der Waals surface area contributed by atoms with Crippen LogP contribution in [0.1, 0.15) is 17.3 Å². The molecule has 19 heavy (non-hydrogen) atoms. The highest BCUT2D eigenvalue weighted by Gasteiger charge is 2.31. The predicted molar refractivity (Wildman–Crippen MR) is 67.4 cm³/mol. The summed E-state index contributed by atoms with van der Waals surface area (Å²) in [6.07, 6.45) is 0. The Bertz CT molecular complexity index is 521. The van der Waals surface area contributed by atoms with E-state index in [9.17, 15) is 28.1 Å². The Labute approximate surface area is 118 Å². The maximum Gasteiger partial charge on any atom is 0.446 e. The van der Waals surface area contributed by atoms with Crippen molar-refractivity contribution in [2.75, 3.05) is 0 Å². The molecule has 1 aromatic rings. The van der Waals surface area contributed by atoms with E-state index in [1.54, 1.807) is 0 Å². The molecule has 0 fully saturated rings. The molecule has 0 radical (unpaired) electrons. The molecule has 1 unspecified atom stereocenters. The Morgan fingerprint density at radius 2 is 2.05 bits per heavy atom. The van der Waals surface area contributed by atoms with E-state index in [0.717, 1.165) is 18.2 Å². The van der Waals surface area contributed by atoms with Crippen molar-refractivity contribution in [2.24, 2.45) is 0 Å². The average Bonchev–Trinajstić information content (AvgIpc) is 2.25. The van der Waals surface area contributed by atoms with Crippen molar-refractivity contribution in [3.63, 3.8) is 0 Å². The van der Waals surface area contributed by atoms with Gasteiger partial charge >= 0.3 is 5.51 Å². The standard InChI is InChI=1S/C10H7BrF3NO3S/c1-5(16)9(11)7-3-2-6(19-10(12,13)14)4-8(7)15(17)18/h2-4,9H,1H3. The number of carbonyl (C=O) groups is 1. The zero-order chi connectivity index (χ0) is 14.8. The van der Waals surface area contributed by atoms with Crippen LogP contribution in [-0.2, 0) is 4.79 Å². The second-order valence-electron chi connectivity index (χ2n) is 3.50. The van der Waals surface area contributed by atoms with Crippen molar-refractivity contribution in [1.29, 1.82) is 0 Å². The van der Waals surface area contributed by atoms with Gasteiger partial charge in [-0.15, -0.1) is 0 Å². The Kier molecular flexibility index (Phi) is 4.97. The van der Waals surface area contributed by atoms with E-state index in [1.807, 2.05) is 0 Å². The number of thioether (sulfide) groups is 1. The Morgan fingerprint density at radius 3 is 2.47 bits per heavy atom. The molecule has 0 aliphatic rings. The summed E-state index contributed by atoms with van der Waals surface area (Å²) in [5.41, 5.74) is -5.01. The third-order valence-corrected chi connectivity index (χ3v) is 3.92. The number of hydrogen-bond donors (Lipinski definition) is 0. The highest BCUT2D eigenvalue weighted by molar-refractivity contribution is 9.09. The maximum absolute atomic E-state index is 12.2. The van der Waals surface area contributed by atoms with Crippen LogP contribution in [0.4, 0.5) is 18.9 Å². The van der Waals surface area contributed by atoms with Crippen LogP contribution < -0.4 is 0 Å². The number of carbonyl (C=O) groups excluding carboxylic acids is 1. The van der Waals surface area contributed by atoms with E-state index >= 15 is 0 Å². The average molecular weight is 358 g/mol. The van der Waals surface area contributed by atoms with E-state index < -0.39 is 32.7 Å². The Hall–Kier alpha value is -1.09. The monoisotopic (exact) mass is 357 g/mol. The molecular weight excluding hydrogens is 351 g/mol. The molecule has 0 aliphatic heterocycles. The molecule has 1 aromatic carbocycles. The number of hydrogen-bond acceptors (Lipinski definition) is 4. The van der Waals surface area contributed by atoms with E-state index in [2.05, 4.69) is 15.9 Å². The SMILES string of the molecule is CC(=O)C(Br)c1ccc(SC(F)(F)F)cc1[N+](=O)[O-]. The number of nitro groups is 1. The summed E-state index contributed by atoms with van der Waals surface area (Å²) in [5, 5.41) is 10.8. The fourth-order valence-corrected chi connectivity index (χ4v) is 2.27. The second-order valence-corrected chi connectivity index (χ2v) is 5.55. The molecule has 0 bridgehead atoms. The van der Waals surface area contributed by atoms with Crippen LogP contribution in [0.3, 0.4) is 0 Å². The van der Waals surface area contributed by atoms with Gasteiger partial charge in [-0.3, -0.25) is 14.9 Å². The molecule has 0 N–H and O–H groups in total. The molecular formula is C10H7BrF3NO3S. The van der Waals surface area contributed by atoms with Crippen LogP contribution in [0.5, 0.6) is 0 Å². The van der Waals surface area contributed by atoms with Gasteiger partial charge in [-0.1, -0.05) is 15.9 Å². The topological polar surface area (TPSA) is 60.2 Å². The van der Waals surface area contributed by atoms with E-state index in [-0.39, 0.29) is 16.2 Å². The largest absolute Gasteiger partial charge is 0.446 e. The van der Waals surface area contributed by atoms with Crippen molar-refractivity contribution >= 4 is 39.2 Å². The lowest BCUT2D eigenvalue weighted by atomic mass is 10.1. The highest BCUT2D eigenvalue weighted by atomic mass is 79.9. The fraction of sp³-hybridized carbons (Fsp3) is 0.300. The van der Waals surface area contributed by atoms with Crippen LogP contribution >= 0.6 is 27.7 Å². The number of halogens is 4. The zero-order valence-corrected chi connectivity index (χ0v) is 11.8. The minimum Gasteiger partial charge on any atom is -0.298 e. The van der Waals surface area contributed by atoms with Crippen molar-refractivity contribution in [1.82, 2.24) is 0 Å². The minimum atomic E-state index is -4.52. The first kappa shape index (κ1) is 16.0. The summed E-state index contributed by atoms with van der Waals surface area (Å²) in [7, 11) is 0. The molecule has 1 atom stereocenters. The smallest absolute Gasteiger partial charge is 0.298 e. The fourth-order valence-electron chi connectivity index (χ4n) is 1.31. The van der Waals surface area contributed by atoms with E-state index in [4.69, 9.17) is 0 Å². The molecule has 0 aromatic heterocycles. The molecule has 0 saturated heterocycles. The lowest BCUT2D eigenvalue weighted by Gasteiger charge is -2.10. The molecule has 9 heteroatoms. The maximum atomic E-state index is 12.2. The molecule has 0 spiro atoms. The molecule has 0 amide bonds. The van der Waals surface area contributed by atoms with Gasteiger partial charge in [-0.25, -0.2) is 0 Å². The summed E-state index contributed by atoms with van der Waals surface area (Å²) >= 11 is 2.53. The quantitative estimate of drug-likeness (QED) is 0.350. The molecule has 0 heterocycles. The summed E-state index contributed by atoms with van der Waals surface area (Å²) in [4.78, 5) is 20.0. The number of benzene rings is 1. The van der Waals surface area contributed by atoms with Gasteiger partial charge in [0.2, 0.25) is 0 Å². The third-order valence-electron chi connectivity index (χ3n) is 2.06. The first-order valence-corrected chi connectivity index (χ1v) is 6.53. The van der Waals surface area contributed by atoms with Gasteiger partial charge in [0.05, 0.1) is 10.5 Å². The van der Waals surface area contributed by atoms with E-state index in [0.29, 0.717) is 0 Å². The van der Waals surface area contributed by atoms with Crippen molar-refractivity contribution < 1.29 is 22.9 Å². The van der Waals surface area contributed by atoms with E-state index in [1.165, 1.54) is 6.92 Å². The number of nitro benzene ring substituents is 1. The number of nitrogens with zero attached hydrogens (tertiary/aromatic N) is 1. The van der Waals surface area contributed by atoms with Gasteiger partial charge in [-0.2, -0.15) is 13.2 Å². The van der Waals surface area contributed by atoms with Gasteiger partial charge in [0.1, 0.15) is 10.6 Å². The summed E-state index contributed by atoms with van der Waals surface area (Å²) in [6, 6.07) is 3.05. The number of Topliss-reactive ketones (excluding diaryl/α,β-unsaturated/α-hetero) is 1. The second kappa shape index (κ2) is 5.91. The van der Waals surface area contributed by atoms with Gasteiger partial charge in [0.15, 0.2) is 0 Å². The van der Waals surface area contributed by atoms with Gasteiger partial charge in [0.25, 0.3) is 5.69 Å². The Balaban J connectivity index is 3.23. The summed E-state index contributed by atoms with van der Waals surface area (Å²) < 4.78 is 36.6. The molecule has 104 valence electrons. The van der Waals surface area contributed by atoms with Crippen molar-refractivity contribution in [3.8, 4) is 0 Å². The zero-order valence-electron chi connectivity index (χ0n) is 9.40. The first-order valence-electron chi connectivity index (χ1n) is 4.80.